The van der Waals surface area contributed by atoms with Gasteiger partial charge in [-0.1, -0.05) is 31.7 Å². The van der Waals surface area contributed by atoms with Gasteiger partial charge in [0.05, 0.1) is 0 Å². The van der Waals surface area contributed by atoms with E-state index in [1.54, 1.807) is 12.1 Å². The first kappa shape index (κ1) is 13.5. The van der Waals surface area contributed by atoms with Crippen molar-refractivity contribution < 1.29 is 4.39 Å². The molecule has 1 unspecified atom stereocenters. The van der Waals surface area contributed by atoms with Gasteiger partial charge >= 0.3 is 0 Å². The Morgan fingerprint density at radius 3 is 2.67 bits per heavy atom. The monoisotopic (exact) mass is 250 g/mol. The van der Waals surface area contributed by atoms with E-state index in [1.807, 2.05) is 13.0 Å². The summed E-state index contributed by atoms with van der Waals surface area (Å²) in [7, 11) is 0. The van der Waals surface area contributed by atoms with Gasteiger partial charge in [0, 0.05) is 6.04 Å². The molecule has 100 valence electrons. The van der Waals surface area contributed by atoms with Gasteiger partial charge in [0.15, 0.2) is 0 Å². The summed E-state index contributed by atoms with van der Waals surface area (Å²) in [4.78, 5) is 0. The van der Waals surface area contributed by atoms with Crippen LogP contribution in [0.4, 0.5) is 4.39 Å². The van der Waals surface area contributed by atoms with Gasteiger partial charge in [0.1, 0.15) is 5.82 Å². The molecule has 1 saturated carbocycles. The fraction of sp³-hybridized carbons (Fsp3) is 0.600. The first-order valence-electron chi connectivity index (χ1n) is 6.92. The van der Waals surface area contributed by atoms with Crippen molar-refractivity contribution in [2.45, 2.75) is 51.5 Å². The Labute approximate surface area is 109 Å². The molecule has 3 heteroatoms. The second-order valence-corrected chi connectivity index (χ2v) is 5.51. The molecule has 2 nitrogen and oxygen atoms in total. The maximum atomic E-state index is 13.4. The Bertz CT molecular complexity index is 366. The molecule has 0 radical (unpaired) electrons. The number of halogens is 1. The van der Waals surface area contributed by atoms with Gasteiger partial charge in [0.2, 0.25) is 0 Å². The van der Waals surface area contributed by atoms with E-state index in [9.17, 15) is 4.39 Å². The lowest BCUT2D eigenvalue weighted by atomic mass is 9.94. The van der Waals surface area contributed by atoms with Gasteiger partial charge in [-0.25, -0.2) is 4.39 Å². The molecule has 1 aliphatic rings. The third-order valence-corrected chi connectivity index (χ3v) is 4.01. The fourth-order valence-electron chi connectivity index (χ4n) is 3.01. The zero-order valence-electron chi connectivity index (χ0n) is 11.1. The second-order valence-electron chi connectivity index (χ2n) is 5.51. The number of hydrogen-bond donors (Lipinski definition) is 2. The van der Waals surface area contributed by atoms with Gasteiger partial charge in [0.25, 0.3) is 0 Å². The molecule has 1 atom stereocenters. The van der Waals surface area contributed by atoms with E-state index in [0.29, 0.717) is 0 Å². The van der Waals surface area contributed by atoms with Crippen molar-refractivity contribution in [3.63, 3.8) is 0 Å². The zero-order valence-corrected chi connectivity index (χ0v) is 11.1. The summed E-state index contributed by atoms with van der Waals surface area (Å²) in [5.74, 6) is 6.29. The topological polar surface area (TPSA) is 38.0 Å². The number of hydrogen-bond acceptors (Lipinski definition) is 2. The molecule has 0 aromatic heterocycles. The van der Waals surface area contributed by atoms with Crippen molar-refractivity contribution in [2.24, 2.45) is 11.8 Å². The quantitative estimate of drug-likeness (QED) is 0.619. The molecule has 1 aromatic rings. The highest BCUT2D eigenvalue weighted by molar-refractivity contribution is 5.26. The van der Waals surface area contributed by atoms with Crippen LogP contribution >= 0.6 is 0 Å². The number of benzene rings is 1. The highest BCUT2D eigenvalue weighted by Crippen LogP contribution is 2.31. The molecular formula is C15H23FN2. The molecule has 0 bridgehead atoms. The summed E-state index contributed by atoms with van der Waals surface area (Å²) in [6, 6.07) is 5.22. The molecule has 2 rings (SSSR count). The fourth-order valence-corrected chi connectivity index (χ4v) is 3.01. The number of hydrazine groups is 1. The SMILES string of the molecule is Cc1cc(F)cc(C(CCC2CCCC2)NN)c1. The third-order valence-electron chi connectivity index (χ3n) is 4.01. The van der Waals surface area contributed by atoms with Crippen molar-refractivity contribution in [3.05, 3.63) is 35.1 Å². The van der Waals surface area contributed by atoms with Crippen LogP contribution in [0.1, 0.15) is 55.7 Å². The molecule has 3 N–H and O–H groups in total. The average Bonchev–Trinajstić information content (AvgIpc) is 2.81. The minimum absolute atomic E-state index is 0.0694. The number of nitrogens with one attached hydrogen (secondary N) is 1. The lowest BCUT2D eigenvalue weighted by Gasteiger charge is -2.19. The smallest absolute Gasteiger partial charge is 0.123 e. The average molecular weight is 250 g/mol. The van der Waals surface area contributed by atoms with Crippen molar-refractivity contribution in [3.8, 4) is 0 Å². The Hall–Kier alpha value is -0.930. The Morgan fingerprint density at radius 1 is 1.33 bits per heavy atom. The van der Waals surface area contributed by atoms with E-state index in [2.05, 4.69) is 5.43 Å². The van der Waals surface area contributed by atoms with Crippen LogP contribution in [0, 0.1) is 18.7 Å². The highest BCUT2D eigenvalue weighted by Gasteiger charge is 2.18. The van der Waals surface area contributed by atoms with Crippen LogP contribution in [0.3, 0.4) is 0 Å². The zero-order chi connectivity index (χ0) is 13.0. The van der Waals surface area contributed by atoms with Crippen molar-refractivity contribution in [2.75, 3.05) is 0 Å². The van der Waals surface area contributed by atoms with E-state index in [4.69, 9.17) is 5.84 Å². The van der Waals surface area contributed by atoms with Crippen LogP contribution in [0.5, 0.6) is 0 Å². The van der Waals surface area contributed by atoms with Crippen molar-refractivity contribution >= 4 is 0 Å². The summed E-state index contributed by atoms with van der Waals surface area (Å²) in [5.41, 5.74) is 4.75. The number of aryl methyl sites for hydroxylation is 1. The molecule has 1 fully saturated rings. The third kappa shape index (κ3) is 3.53. The molecule has 0 amide bonds. The molecule has 0 heterocycles. The standard InChI is InChI=1S/C15H23FN2/c1-11-8-13(10-14(16)9-11)15(18-17)7-6-12-4-2-3-5-12/h8-10,12,15,18H,2-7,17H2,1H3. The molecule has 18 heavy (non-hydrogen) atoms. The molecule has 0 spiro atoms. The van der Waals surface area contributed by atoms with Crippen molar-refractivity contribution in [1.82, 2.24) is 5.43 Å². The lowest BCUT2D eigenvalue weighted by Crippen LogP contribution is -2.28. The summed E-state index contributed by atoms with van der Waals surface area (Å²) in [6.45, 7) is 1.91. The number of rotatable bonds is 5. The predicted octanol–water partition coefficient (Wildman–Crippen LogP) is 3.61. The maximum absolute atomic E-state index is 13.4. The highest BCUT2D eigenvalue weighted by atomic mass is 19.1. The molecule has 1 aromatic carbocycles. The summed E-state index contributed by atoms with van der Waals surface area (Å²) in [5, 5.41) is 0. The van der Waals surface area contributed by atoms with Gasteiger partial charge in [-0.15, -0.1) is 0 Å². The maximum Gasteiger partial charge on any atom is 0.123 e. The van der Waals surface area contributed by atoms with Gasteiger partial charge in [-0.05, 0) is 48.9 Å². The van der Waals surface area contributed by atoms with Crippen LogP contribution in [0.15, 0.2) is 18.2 Å². The first-order chi connectivity index (χ1) is 8.69. The summed E-state index contributed by atoms with van der Waals surface area (Å²) < 4.78 is 13.4. The molecule has 0 saturated heterocycles. The molecule has 0 aliphatic heterocycles. The van der Waals surface area contributed by atoms with E-state index in [0.717, 1.165) is 23.5 Å². The first-order valence-corrected chi connectivity index (χ1v) is 6.92. The van der Waals surface area contributed by atoms with Crippen molar-refractivity contribution in [1.29, 1.82) is 0 Å². The van der Waals surface area contributed by atoms with Gasteiger partial charge in [-0.3, -0.25) is 11.3 Å². The molecule has 1 aliphatic carbocycles. The Balaban J connectivity index is 1.98. The van der Waals surface area contributed by atoms with E-state index >= 15 is 0 Å². The summed E-state index contributed by atoms with van der Waals surface area (Å²) >= 11 is 0. The van der Waals surface area contributed by atoms with Crippen LogP contribution in [-0.4, -0.2) is 0 Å². The largest absolute Gasteiger partial charge is 0.271 e. The minimum Gasteiger partial charge on any atom is -0.271 e. The van der Waals surface area contributed by atoms with E-state index in [1.165, 1.54) is 32.1 Å². The molecular weight excluding hydrogens is 227 g/mol. The Morgan fingerprint density at radius 2 is 2.06 bits per heavy atom. The Kier molecular flexibility index (Phi) is 4.72. The number of nitrogens with two attached hydrogens (primary N) is 1. The van der Waals surface area contributed by atoms with Crippen LogP contribution in [0.2, 0.25) is 0 Å². The van der Waals surface area contributed by atoms with Gasteiger partial charge in [-0.2, -0.15) is 0 Å². The predicted molar refractivity (Wildman–Crippen MR) is 72.4 cm³/mol. The summed E-state index contributed by atoms with van der Waals surface area (Å²) in [6.07, 6.45) is 7.60. The second kappa shape index (κ2) is 6.30. The minimum atomic E-state index is -0.175. The van der Waals surface area contributed by atoms with E-state index in [-0.39, 0.29) is 11.9 Å². The van der Waals surface area contributed by atoms with Crippen LogP contribution < -0.4 is 11.3 Å². The van der Waals surface area contributed by atoms with Gasteiger partial charge < -0.3 is 0 Å². The normalized spacial score (nSPS) is 18.2. The van der Waals surface area contributed by atoms with E-state index < -0.39 is 0 Å². The lowest BCUT2D eigenvalue weighted by molar-refractivity contribution is 0.415. The van der Waals surface area contributed by atoms with Crippen LogP contribution in [-0.2, 0) is 0 Å². The van der Waals surface area contributed by atoms with Crippen LogP contribution in [0.25, 0.3) is 0 Å².